The van der Waals surface area contributed by atoms with Gasteiger partial charge in [-0.1, -0.05) is 30.7 Å². The van der Waals surface area contributed by atoms with Crippen LogP contribution in [0.25, 0.3) is 0 Å². The number of carbonyl (C=O) groups is 1. The highest BCUT2D eigenvalue weighted by atomic mass is 127. The van der Waals surface area contributed by atoms with Crippen LogP contribution in [0.4, 0.5) is 5.69 Å². The summed E-state index contributed by atoms with van der Waals surface area (Å²) in [4.78, 5) is 12.1. The standard InChI is InChI=1S/C11H12ClIN2OS/c1-2-7(10(14)17)11(16)15-9-4-3-6(12)5-8(9)13/h3-5,7H,2H2,1H3,(H2,14,17)(H,15,16). The molecule has 0 bridgehead atoms. The zero-order valence-corrected chi connectivity index (χ0v) is 12.9. The summed E-state index contributed by atoms with van der Waals surface area (Å²) >= 11 is 12.8. The van der Waals surface area contributed by atoms with Crippen molar-refractivity contribution in [2.24, 2.45) is 11.7 Å². The van der Waals surface area contributed by atoms with E-state index in [2.05, 4.69) is 27.9 Å². The Bertz CT molecular complexity index is 453. The van der Waals surface area contributed by atoms with Crippen LogP contribution in [0.15, 0.2) is 18.2 Å². The molecule has 1 aromatic rings. The van der Waals surface area contributed by atoms with Gasteiger partial charge in [0.1, 0.15) is 0 Å². The fraction of sp³-hybridized carbons (Fsp3) is 0.273. The van der Waals surface area contributed by atoms with Gasteiger partial charge < -0.3 is 11.1 Å². The van der Waals surface area contributed by atoms with Gasteiger partial charge in [-0.15, -0.1) is 0 Å². The summed E-state index contributed by atoms with van der Waals surface area (Å²) in [6, 6.07) is 5.26. The van der Waals surface area contributed by atoms with E-state index < -0.39 is 5.92 Å². The van der Waals surface area contributed by atoms with Crippen LogP contribution in [0.1, 0.15) is 13.3 Å². The molecule has 1 aromatic carbocycles. The van der Waals surface area contributed by atoms with Gasteiger partial charge in [0.05, 0.1) is 16.6 Å². The second kappa shape index (κ2) is 6.51. The number of hydrogen-bond donors (Lipinski definition) is 2. The first-order valence-corrected chi connectivity index (χ1v) is 6.87. The number of benzene rings is 1. The third-order valence-corrected chi connectivity index (χ3v) is 3.67. The lowest BCUT2D eigenvalue weighted by atomic mass is 10.1. The number of nitrogens with one attached hydrogen (secondary N) is 1. The predicted molar refractivity (Wildman–Crippen MR) is 83.4 cm³/mol. The number of amides is 1. The molecule has 1 atom stereocenters. The van der Waals surface area contributed by atoms with Gasteiger partial charge in [0.2, 0.25) is 5.91 Å². The van der Waals surface area contributed by atoms with Crippen LogP contribution in [0.2, 0.25) is 5.02 Å². The molecule has 6 heteroatoms. The van der Waals surface area contributed by atoms with Crippen molar-refractivity contribution in [3.8, 4) is 0 Å². The molecular weight excluding hydrogens is 371 g/mol. The molecule has 0 aliphatic carbocycles. The Morgan fingerprint density at radius 2 is 2.29 bits per heavy atom. The zero-order valence-electron chi connectivity index (χ0n) is 9.17. The van der Waals surface area contributed by atoms with E-state index in [4.69, 9.17) is 29.6 Å². The van der Waals surface area contributed by atoms with E-state index in [1.165, 1.54) is 0 Å². The van der Waals surface area contributed by atoms with E-state index in [0.717, 1.165) is 9.26 Å². The van der Waals surface area contributed by atoms with Crippen LogP contribution in [0.3, 0.4) is 0 Å². The fourth-order valence-corrected chi connectivity index (χ4v) is 2.61. The van der Waals surface area contributed by atoms with Crippen molar-refractivity contribution in [3.05, 3.63) is 26.8 Å². The summed E-state index contributed by atoms with van der Waals surface area (Å²) < 4.78 is 0.876. The summed E-state index contributed by atoms with van der Waals surface area (Å²) in [5.74, 6) is -0.614. The minimum Gasteiger partial charge on any atom is -0.393 e. The first kappa shape index (κ1) is 14.7. The number of thiocarbonyl (C=S) groups is 1. The summed E-state index contributed by atoms with van der Waals surface area (Å²) in [6.07, 6.45) is 0.589. The Labute approximate surface area is 124 Å². The normalized spacial score (nSPS) is 11.9. The Kier molecular flexibility index (Phi) is 5.61. The predicted octanol–water partition coefficient (Wildman–Crippen LogP) is 3.20. The number of hydrogen-bond acceptors (Lipinski definition) is 2. The van der Waals surface area contributed by atoms with Gasteiger partial charge in [0.15, 0.2) is 0 Å². The maximum atomic E-state index is 11.9. The molecule has 0 spiro atoms. The molecule has 1 amide bonds. The van der Waals surface area contributed by atoms with Crippen molar-refractivity contribution < 1.29 is 4.79 Å². The Hall–Kier alpha value is -0.400. The van der Waals surface area contributed by atoms with Gasteiger partial charge >= 0.3 is 0 Å². The van der Waals surface area contributed by atoms with Crippen LogP contribution in [0.5, 0.6) is 0 Å². The second-order valence-corrected chi connectivity index (χ2v) is 5.55. The minimum absolute atomic E-state index is 0.180. The molecule has 0 aliphatic rings. The summed E-state index contributed by atoms with van der Waals surface area (Å²) in [5.41, 5.74) is 6.23. The summed E-state index contributed by atoms with van der Waals surface area (Å²) in [5, 5.41) is 3.43. The minimum atomic E-state index is -0.434. The highest BCUT2D eigenvalue weighted by molar-refractivity contribution is 14.1. The Balaban J connectivity index is 2.84. The number of halogens is 2. The molecule has 0 heterocycles. The molecule has 1 rings (SSSR count). The van der Waals surface area contributed by atoms with Crippen molar-refractivity contribution >= 4 is 63.0 Å². The number of rotatable bonds is 4. The highest BCUT2D eigenvalue weighted by Gasteiger charge is 2.19. The first-order valence-electron chi connectivity index (χ1n) is 5.01. The lowest BCUT2D eigenvalue weighted by molar-refractivity contribution is -0.118. The molecule has 1 unspecified atom stereocenters. The average molecular weight is 383 g/mol. The maximum absolute atomic E-state index is 11.9. The molecule has 0 aliphatic heterocycles. The maximum Gasteiger partial charge on any atom is 0.234 e. The largest absolute Gasteiger partial charge is 0.393 e. The van der Waals surface area contributed by atoms with Gasteiger partial charge in [-0.05, 0) is 47.2 Å². The SMILES string of the molecule is CCC(C(=O)Nc1ccc(Cl)cc1I)C(N)=S. The molecule has 0 saturated carbocycles. The third-order valence-electron chi connectivity index (χ3n) is 2.26. The lowest BCUT2D eigenvalue weighted by Crippen LogP contribution is -2.32. The molecule has 3 nitrogen and oxygen atoms in total. The van der Waals surface area contributed by atoms with Gasteiger partial charge in [-0.2, -0.15) is 0 Å². The van der Waals surface area contributed by atoms with E-state index in [9.17, 15) is 4.79 Å². The molecule has 0 aromatic heterocycles. The van der Waals surface area contributed by atoms with E-state index in [0.29, 0.717) is 11.4 Å². The van der Waals surface area contributed by atoms with Crippen molar-refractivity contribution in [2.75, 3.05) is 5.32 Å². The van der Waals surface area contributed by atoms with Crippen molar-refractivity contribution in [1.29, 1.82) is 0 Å². The topological polar surface area (TPSA) is 55.1 Å². The molecule has 3 N–H and O–H groups in total. The fourth-order valence-electron chi connectivity index (χ4n) is 1.33. The van der Waals surface area contributed by atoms with Gasteiger partial charge in [-0.25, -0.2) is 0 Å². The summed E-state index contributed by atoms with van der Waals surface area (Å²) in [7, 11) is 0. The van der Waals surface area contributed by atoms with Crippen molar-refractivity contribution in [3.63, 3.8) is 0 Å². The van der Waals surface area contributed by atoms with Gasteiger partial charge in [0, 0.05) is 8.59 Å². The Morgan fingerprint density at radius 1 is 1.65 bits per heavy atom. The summed E-state index contributed by atoms with van der Waals surface area (Å²) in [6.45, 7) is 1.87. The van der Waals surface area contributed by atoms with Crippen molar-refractivity contribution in [2.45, 2.75) is 13.3 Å². The van der Waals surface area contributed by atoms with Gasteiger partial charge in [0.25, 0.3) is 0 Å². The van der Waals surface area contributed by atoms with Crippen LogP contribution in [-0.4, -0.2) is 10.9 Å². The van der Waals surface area contributed by atoms with Crippen molar-refractivity contribution in [1.82, 2.24) is 0 Å². The van der Waals surface area contributed by atoms with E-state index in [1.54, 1.807) is 18.2 Å². The van der Waals surface area contributed by atoms with Crippen LogP contribution in [0, 0.1) is 9.49 Å². The number of nitrogens with two attached hydrogens (primary N) is 1. The van der Waals surface area contributed by atoms with Gasteiger partial charge in [-0.3, -0.25) is 4.79 Å². The van der Waals surface area contributed by atoms with Crippen LogP contribution < -0.4 is 11.1 Å². The van der Waals surface area contributed by atoms with Crippen LogP contribution in [-0.2, 0) is 4.79 Å². The third kappa shape index (κ3) is 4.08. The molecule has 17 heavy (non-hydrogen) atoms. The molecule has 0 fully saturated rings. The van der Waals surface area contributed by atoms with E-state index >= 15 is 0 Å². The lowest BCUT2D eigenvalue weighted by Gasteiger charge is -2.14. The molecule has 92 valence electrons. The van der Waals surface area contributed by atoms with Crippen LogP contribution >= 0.6 is 46.4 Å². The molecule has 0 radical (unpaired) electrons. The molecule has 0 saturated heterocycles. The van der Waals surface area contributed by atoms with E-state index in [1.807, 2.05) is 6.92 Å². The second-order valence-electron chi connectivity index (χ2n) is 3.48. The number of carbonyl (C=O) groups excluding carboxylic acids is 1. The quantitative estimate of drug-likeness (QED) is 0.621. The molecular formula is C11H12ClIN2OS. The smallest absolute Gasteiger partial charge is 0.234 e. The zero-order chi connectivity index (χ0) is 13.0. The number of anilines is 1. The van der Waals surface area contributed by atoms with E-state index in [-0.39, 0.29) is 10.9 Å². The highest BCUT2D eigenvalue weighted by Crippen LogP contribution is 2.23. The first-order chi connectivity index (χ1) is 7.95. The average Bonchev–Trinajstić information content (AvgIpc) is 2.22. The monoisotopic (exact) mass is 382 g/mol. The Morgan fingerprint density at radius 3 is 2.76 bits per heavy atom.